The lowest BCUT2D eigenvalue weighted by molar-refractivity contribution is 0.434. The summed E-state index contributed by atoms with van der Waals surface area (Å²) in [5.41, 5.74) is 15.4. The summed E-state index contributed by atoms with van der Waals surface area (Å²) in [4.78, 5) is 9.62. The third-order valence-corrected chi connectivity index (χ3v) is 6.49. The van der Waals surface area contributed by atoms with E-state index in [1.165, 1.54) is 23.1 Å². The number of hydrogen-bond acceptors (Lipinski definition) is 4. The van der Waals surface area contributed by atoms with Gasteiger partial charge in [-0.2, -0.15) is 0 Å². The molecule has 148 valence electrons. The highest BCUT2D eigenvalue weighted by Gasteiger charge is 2.35. The Morgan fingerprint density at radius 3 is 2.70 bits per heavy atom. The van der Waals surface area contributed by atoms with Crippen LogP contribution in [0.3, 0.4) is 0 Å². The molecule has 0 fully saturated rings. The fourth-order valence-corrected chi connectivity index (χ4v) is 4.95. The van der Waals surface area contributed by atoms with E-state index in [-0.39, 0.29) is 5.92 Å². The maximum atomic E-state index is 6.82. The molecule has 2 N–H and O–H groups in total. The van der Waals surface area contributed by atoms with Gasteiger partial charge in [0.15, 0.2) is 5.75 Å². The summed E-state index contributed by atoms with van der Waals surface area (Å²) in [6.07, 6.45) is 6.09. The molecular formula is C26H23N3O. The maximum absolute atomic E-state index is 6.82. The van der Waals surface area contributed by atoms with Gasteiger partial charge in [-0.05, 0) is 49.8 Å². The Morgan fingerprint density at radius 1 is 1.00 bits per heavy atom. The Bertz CT molecular complexity index is 1290. The van der Waals surface area contributed by atoms with Crippen molar-refractivity contribution in [2.24, 2.45) is 0 Å². The van der Waals surface area contributed by atoms with Gasteiger partial charge >= 0.3 is 0 Å². The van der Waals surface area contributed by atoms with Crippen molar-refractivity contribution in [2.75, 3.05) is 5.73 Å². The number of benzene rings is 2. The first kappa shape index (κ1) is 17.5. The molecular weight excluding hydrogens is 370 g/mol. The normalized spacial score (nSPS) is 17.0. The third-order valence-electron chi connectivity index (χ3n) is 6.49. The molecule has 0 saturated heterocycles. The number of aromatic nitrogens is 2. The zero-order chi connectivity index (χ0) is 20.2. The number of nitrogen functional groups attached to an aromatic ring is 1. The molecule has 4 aromatic rings. The first-order valence-electron chi connectivity index (χ1n) is 10.6. The monoisotopic (exact) mass is 393 g/mol. The average molecular weight is 393 g/mol. The number of anilines is 1. The SMILES string of the molecule is Cc1ccc(C2c3ccc4cccnc4c3Oc3nc4c(c(N)c32)CCCC4)cc1. The van der Waals surface area contributed by atoms with Gasteiger partial charge in [-0.15, -0.1) is 0 Å². The first-order chi connectivity index (χ1) is 14.7. The van der Waals surface area contributed by atoms with Gasteiger partial charge in [0.25, 0.3) is 0 Å². The Balaban J connectivity index is 1.67. The molecule has 4 heteroatoms. The van der Waals surface area contributed by atoms with Gasteiger partial charge in [0.2, 0.25) is 5.88 Å². The van der Waals surface area contributed by atoms with Gasteiger partial charge in [0.05, 0.1) is 0 Å². The van der Waals surface area contributed by atoms with Crippen molar-refractivity contribution in [3.05, 3.63) is 88.2 Å². The van der Waals surface area contributed by atoms with Crippen molar-refractivity contribution in [1.82, 2.24) is 9.97 Å². The summed E-state index contributed by atoms with van der Waals surface area (Å²) in [7, 11) is 0. The first-order valence-corrected chi connectivity index (χ1v) is 10.6. The van der Waals surface area contributed by atoms with Gasteiger partial charge in [-0.3, -0.25) is 4.98 Å². The lowest BCUT2D eigenvalue weighted by atomic mass is 9.80. The second kappa shape index (κ2) is 6.56. The van der Waals surface area contributed by atoms with Gasteiger partial charge < -0.3 is 10.5 Å². The Kier molecular flexibility index (Phi) is 3.82. The van der Waals surface area contributed by atoms with E-state index in [1.54, 1.807) is 0 Å². The molecule has 6 rings (SSSR count). The summed E-state index contributed by atoms with van der Waals surface area (Å²) in [6, 6.07) is 17.0. The van der Waals surface area contributed by atoms with E-state index in [2.05, 4.69) is 54.4 Å². The Hall–Kier alpha value is -3.40. The van der Waals surface area contributed by atoms with Crippen molar-refractivity contribution in [2.45, 2.75) is 38.5 Å². The van der Waals surface area contributed by atoms with Gasteiger partial charge in [-0.25, -0.2) is 4.98 Å². The number of hydrogen-bond donors (Lipinski definition) is 1. The molecule has 2 aromatic carbocycles. The summed E-state index contributed by atoms with van der Waals surface area (Å²) in [6.45, 7) is 2.11. The number of rotatable bonds is 1. The number of fused-ring (bicyclic) bond motifs is 5. The predicted molar refractivity (Wildman–Crippen MR) is 119 cm³/mol. The second-order valence-electron chi connectivity index (χ2n) is 8.38. The second-order valence-corrected chi connectivity index (χ2v) is 8.38. The molecule has 0 amide bonds. The molecule has 0 saturated carbocycles. The number of aryl methyl sites for hydroxylation is 2. The van der Waals surface area contributed by atoms with E-state index in [0.717, 1.165) is 58.4 Å². The number of pyridine rings is 2. The lowest BCUT2D eigenvalue weighted by Crippen LogP contribution is -2.19. The molecule has 30 heavy (non-hydrogen) atoms. The fourth-order valence-electron chi connectivity index (χ4n) is 4.95. The standard InChI is InChI=1S/C26H23N3O/c1-15-8-10-16(11-9-15)21-19-13-12-17-5-4-14-28-24(17)25(19)30-26-22(21)23(27)18-6-2-3-7-20(18)29-26/h4-5,8-14,21H,2-3,6-7H2,1H3,(H2,27,29). The van der Waals surface area contributed by atoms with Crippen LogP contribution in [0, 0.1) is 6.92 Å². The third kappa shape index (κ3) is 2.53. The smallest absolute Gasteiger partial charge is 0.225 e. The molecule has 2 aromatic heterocycles. The molecule has 0 bridgehead atoms. The molecule has 3 heterocycles. The quantitative estimate of drug-likeness (QED) is 0.398. The minimum absolute atomic E-state index is 0.0181. The van der Waals surface area contributed by atoms with Gasteiger partial charge in [0.1, 0.15) is 5.52 Å². The van der Waals surface area contributed by atoms with Crippen LogP contribution in [-0.2, 0) is 12.8 Å². The van der Waals surface area contributed by atoms with Crippen molar-refractivity contribution < 1.29 is 4.74 Å². The Morgan fingerprint density at radius 2 is 1.83 bits per heavy atom. The van der Waals surface area contributed by atoms with Crippen LogP contribution in [0.4, 0.5) is 5.69 Å². The van der Waals surface area contributed by atoms with E-state index < -0.39 is 0 Å². The van der Waals surface area contributed by atoms with Crippen molar-refractivity contribution >= 4 is 16.6 Å². The van der Waals surface area contributed by atoms with E-state index in [1.807, 2.05) is 12.3 Å². The van der Waals surface area contributed by atoms with E-state index in [9.17, 15) is 0 Å². The molecule has 1 atom stereocenters. The number of ether oxygens (including phenoxy) is 1. The topological polar surface area (TPSA) is 61.0 Å². The maximum Gasteiger partial charge on any atom is 0.225 e. The molecule has 0 radical (unpaired) electrons. The fraction of sp³-hybridized carbons (Fsp3) is 0.231. The van der Waals surface area contributed by atoms with Crippen molar-refractivity contribution in [1.29, 1.82) is 0 Å². The molecule has 0 spiro atoms. The highest BCUT2D eigenvalue weighted by atomic mass is 16.5. The molecule has 2 aliphatic rings. The highest BCUT2D eigenvalue weighted by molar-refractivity contribution is 5.88. The number of nitrogens with zero attached hydrogens (tertiary/aromatic N) is 2. The summed E-state index contributed by atoms with van der Waals surface area (Å²) >= 11 is 0. The summed E-state index contributed by atoms with van der Waals surface area (Å²) in [5, 5.41) is 1.06. The van der Waals surface area contributed by atoms with Crippen LogP contribution < -0.4 is 10.5 Å². The van der Waals surface area contributed by atoms with Crippen molar-refractivity contribution in [3.8, 4) is 11.6 Å². The molecule has 1 unspecified atom stereocenters. The largest absolute Gasteiger partial charge is 0.436 e. The summed E-state index contributed by atoms with van der Waals surface area (Å²) in [5.74, 6) is 1.42. The Labute approximate surface area is 175 Å². The van der Waals surface area contributed by atoms with E-state index in [0.29, 0.717) is 5.88 Å². The van der Waals surface area contributed by atoms with Crippen molar-refractivity contribution in [3.63, 3.8) is 0 Å². The van der Waals surface area contributed by atoms with E-state index >= 15 is 0 Å². The molecule has 1 aliphatic heterocycles. The molecule has 4 nitrogen and oxygen atoms in total. The van der Waals surface area contributed by atoms with Gasteiger partial charge in [0, 0.05) is 40.0 Å². The van der Waals surface area contributed by atoms with Gasteiger partial charge in [-0.1, -0.05) is 48.0 Å². The zero-order valence-electron chi connectivity index (χ0n) is 17.0. The number of nitrogens with two attached hydrogens (primary N) is 1. The van der Waals surface area contributed by atoms with Crippen LogP contribution in [0.15, 0.2) is 54.7 Å². The zero-order valence-corrected chi connectivity index (χ0v) is 17.0. The lowest BCUT2D eigenvalue weighted by Gasteiger charge is -2.32. The van der Waals surface area contributed by atoms with Crippen LogP contribution in [0.2, 0.25) is 0 Å². The van der Waals surface area contributed by atoms with Crippen LogP contribution in [0.1, 0.15) is 52.3 Å². The average Bonchev–Trinajstić information content (AvgIpc) is 2.78. The molecule has 1 aliphatic carbocycles. The predicted octanol–water partition coefficient (Wildman–Crippen LogP) is 5.69. The highest BCUT2D eigenvalue weighted by Crippen LogP contribution is 2.52. The van der Waals surface area contributed by atoms with Crippen LogP contribution >= 0.6 is 0 Å². The minimum atomic E-state index is -0.0181. The van der Waals surface area contributed by atoms with Crippen LogP contribution in [0.25, 0.3) is 10.9 Å². The van der Waals surface area contributed by atoms with Crippen LogP contribution in [0.5, 0.6) is 11.6 Å². The minimum Gasteiger partial charge on any atom is -0.436 e. The summed E-state index contributed by atoms with van der Waals surface area (Å²) < 4.78 is 6.46. The van der Waals surface area contributed by atoms with E-state index in [4.69, 9.17) is 15.5 Å². The van der Waals surface area contributed by atoms with Crippen LogP contribution in [-0.4, -0.2) is 9.97 Å².